The number of anilines is 1. The summed E-state index contributed by atoms with van der Waals surface area (Å²) in [7, 11) is -3.98. The molecule has 1 amide bonds. The molecule has 1 aromatic heterocycles. The predicted molar refractivity (Wildman–Crippen MR) is 88.3 cm³/mol. The molecular weight excluding hydrogens is 355 g/mol. The Morgan fingerprint density at radius 3 is 2.67 bits per heavy atom. The highest BCUT2D eigenvalue weighted by Gasteiger charge is 2.29. The number of nitrogens with one attached hydrogen (secondary N) is 1. The lowest BCUT2D eigenvalue weighted by Gasteiger charge is -2.26. The summed E-state index contributed by atoms with van der Waals surface area (Å²) in [5.74, 6) is -1.23. The molecular formula is C15H15FN2O4S2. The third-order valence-electron chi connectivity index (χ3n) is 3.56. The van der Waals surface area contributed by atoms with Gasteiger partial charge in [0.25, 0.3) is 5.91 Å². The van der Waals surface area contributed by atoms with E-state index in [0.29, 0.717) is 5.56 Å². The predicted octanol–water partition coefficient (Wildman–Crippen LogP) is 2.16. The average molecular weight is 370 g/mol. The third kappa shape index (κ3) is 3.48. The van der Waals surface area contributed by atoms with Crippen LogP contribution in [0.1, 0.15) is 10.4 Å². The Morgan fingerprint density at radius 1 is 1.25 bits per heavy atom. The summed E-state index contributed by atoms with van der Waals surface area (Å²) in [4.78, 5) is 11.6. The zero-order chi connectivity index (χ0) is 17.2. The van der Waals surface area contributed by atoms with Gasteiger partial charge in [0.05, 0.1) is 18.8 Å². The number of nitrogens with zero attached hydrogens (tertiary/aromatic N) is 1. The number of rotatable bonds is 4. The molecule has 0 saturated carbocycles. The van der Waals surface area contributed by atoms with E-state index in [1.807, 2.05) is 0 Å². The molecule has 9 heteroatoms. The number of halogens is 1. The first-order chi connectivity index (χ1) is 11.5. The second-order valence-electron chi connectivity index (χ2n) is 5.13. The normalized spacial score (nSPS) is 16.0. The number of benzene rings is 1. The molecule has 1 aliphatic rings. The molecule has 0 unspecified atom stereocenters. The molecule has 0 atom stereocenters. The molecule has 0 aliphatic carbocycles. The minimum atomic E-state index is -3.98. The van der Waals surface area contributed by atoms with Gasteiger partial charge in [-0.3, -0.25) is 4.79 Å². The van der Waals surface area contributed by atoms with Crippen molar-refractivity contribution < 1.29 is 22.3 Å². The van der Waals surface area contributed by atoms with Gasteiger partial charge in [-0.2, -0.15) is 15.6 Å². The third-order valence-corrected chi connectivity index (χ3v) is 6.16. The van der Waals surface area contributed by atoms with Gasteiger partial charge in [-0.1, -0.05) is 0 Å². The van der Waals surface area contributed by atoms with Crippen LogP contribution >= 0.6 is 11.3 Å². The summed E-state index contributed by atoms with van der Waals surface area (Å²) >= 11 is 1.37. The van der Waals surface area contributed by atoms with Gasteiger partial charge in [0.2, 0.25) is 10.0 Å². The highest BCUT2D eigenvalue weighted by atomic mass is 32.2. The molecule has 128 valence electrons. The van der Waals surface area contributed by atoms with Gasteiger partial charge in [0.1, 0.15) is 10.7 Å². The van der Waals surface area contributed by atoms with E-state index in [0.717, 1.165) is 12.1 Å². The van der Waals surface area contributed by atoms with Crippen molar-refractivity contribution in [3.8, 4) is 0 Å². The molecule has 0 bridgehead atoms. The second-order valence-corrected chi connectivity index (χ2v) is 7.81. The number of thiophene rings is 1. The number of sulfonamides is 1. The lowest BCUT2D eigenvalue weighted by atomic mass is 10.2. The maximum Gasteiger partial charge on any atom is 0.256 e. The number of carbonyl (C=O) groups excluding carboxylic acids is 1. The second kappa shape index (κ2) is 6.98. The molecule has 1 fully saturated rings. The largest absolute Gasteiger partial charge is 0.379 e. The van der Waals surface area contributed by atoms with Crippen molar-refractivity contribution in [2.75, 3.05) is 31.6 Å². The van der Waals surface area contributed by atoms with E-state index in [1.54, 1.807) is 16.8 Å². The van der Waals surface area contributed by atoms with E-state index in [4.69, 9.17) is 4.74 Å². The van der Waals surface area contributed by atoms with Gasteiger partial charge in [-0.05, 0) is 29.6 Å². The molecule has 3 rings (SSSR count). The zero-order valence-electron chi connectivity index (χ0n) is 12.6. The quantitative estimate of drug-likeness (QED) is 0.895. The Kier molecular flexibility index (Phi) is 4.95. The van der Waals surface area contributed by atoms with Crippen LogP contribution in [-0.2, 0) is 14.8 Å². The molecule has 1 N–H and O–H groups in total. The minimum absolute atomic E-state index is 0.174. The summed E-state index contributed by atoms with van der Waals surface area (Å²) in [6.45, 7) is 0.894. The first-order valence-corrected chi connectivity index (χ1v) is 9.58. The molecule has 2 heterocycles. The molecule has 1 saturated heterocycles. The molecule has 1 aromatic carbocycles. The van der Waals surface area contributed by atoms with Crippen LogP contribution in [0.2, 0.25) is 0 Å². The highest BCUT2D eigenvalue weighted by Crippen LogP contribution is 2.24. The zero-order valence-corrected chi connectivity index (χ0v) is 14.2. The average Bonchev–Trinajstić information content (AvgIpc) is 3.12. The summed E-state index contributed by atoms with van der Waals surface area (Å²) in [5.41, 5.74) is 0.682. The van der Waals surface area contributed by atoms with E-state index in [1.165, 1.54) is 21.7 Å². The van der Waals surface area contributed by atoms with E-state index >= 15 is 0 Å². The van der Waals surface area contributed by atoms with Crippen LogP contribution < -0.4 is 5.32 Å². The molecule has 1 aliphatic heterocycles. The number of amides is 1. The topological polar surface area (TPSA) is 75.7 Å². The van der Waals surface area contributed by atoms with E-state index in [9.17, 15) is 17.6 Å². The Bertz CT molecular complexity index is 831. The molecule has 2 aromatic rings. The van der Waals surface area contributed by atoms with Crippen LogP contribution in [0.3, 0.4) is 0 Å². The van der Waals surface area contributed by atoms with Crippen molar-refractivity contribution in [1.29, 1.82) is 0 Å². The van der Waals surface area contributed by atoms with Gasteiger partial charge in [0.15, 0.2) is 0 Å². The Morgan fingerprint density at radius 2 is 2.00 bits per heavy atom. The van der Waals surface area contributed by atoms with E-state index in [-0.39, 0.29) is 37.9 Å². The van der Waals surface area contributed by atoms with Crippen LogP contribution in [0.15, 0.2) is 39.9 Å². The number of morpholine rings is 1. The van der Waals surface area contributed by atoms with Crippen molar-refractivity contribution in [3.63, 3.8) is 0 Å². The van der Waals surface area contributed by atoms with Crippen molar-refractivity contribution in [1.82, 2.24) is 4.31 Å². The van der Waals surface area contributed by atoms with E-state index < -0.39 is 20.7 Å². The summed E-state index contributed by atoms with van der Waals surface area (Å²) in [6.07, 6.45) is 0. The Labute approximate surface area is 142 Å². The first kappa shape index (κ1) is 17.0. The number of hydrogen-bond acceptors (Lipinski definition) is 5. The number of carbonyl (C=O) groups is 1. The lowest BCUT2D eigenvalue weighted by molar-refractivity contribution is 0.0729. The lowest BCUT2D eigenvalue weighted by Crippen LogP contribution is -2.40. The first-order valence-electron chi connectivity index (χ1n) is 7.19. The fourth-order valence-corrected chi connectivity index (χ4v) is 4.44. The van der Waals surface area contributed by atoms with Gasteiger partial charge < -0.3 is 10.1 Å². The van der Waals surface area contributed by atoms with Crippen molar-refractivity contribution in [3.05, 3.63) is 46.4 Å². The fraction of sp³-hybridized carbons (Fsp3) is 0.267. The SMILES string of the molecule is O=C(Nc1ccc(F)c(S(=O)(=O)N2CCOCC2)c1)c1ccsc1. The standard InChI is InChI=1S/C15H15FN2O4S2/c16-13-2-1-12(17-15(19)11-3-8-23-10-11)9-14(13)24(20,21)18-4-6-22-7-5-18/h1-3,8-10H,4-7H2,(H,17,19). The van der Waals surface area contributed by atoms with Crippen LogP contribution in [0.4, 0.5) is 10.1 Å². The fourth-order valence-electron chi connectivity index (χ4n) is 2.30. The maximum atomic E-state index is 14.1. The van der Waals surface area contributed by atoms with Crippen molar-refractivity contribution in [2.45, 2.75) is 4.90 Å². The van der Waals surface area contributed by atoms with Crippen LogP contribution in [-0.4, -0.2) is 44.9 Å². The minimum Gasteiger partial charge on any atom is -0.379 e. The maximum absolute atomic E-state index is 14.1. The molecule has 6 nitrogen and oxygen atoms in total. The summed E-state index contributed by atoms with van der Waals surface area (Å²) < 4.78 is 45.6. The van der Waals surface area contributed by atoms with Crippen LogP contribution in [0.25, 0.3) is 0 Å². The van der Waals surface area contributed by atoms with Gasteiger partial charge >= 0.3 is 0 Å². The molecule has 24 heavy (non-hydrogen) atoms. The molecule has 0 spiro atoms. The molecule has 0 radical (unpaired) electrons. The van der Waals surface area contributed by atoms with Crippen molar-refractivity contribution in [2.24, 2.45) is 0 Å². The van der Waals surface area contributed by atoms with E-state index in [2.05, 4.69) is 5.32 Å². The van der Waals surface area contributed by atoms with Gasteiger partial charge in [0, 0.05) is 24.2 Å². The number of ether oxygens (including phenoxy) is 1. The van der Waals surface area contributed by atoms with Gasteiger partial charge in [-0.25, -0.2) is 12.8 Å². The highest BCUT2D eigenvalue weighted by molar-refractivity contribution is 7.89. The van der Waals surface area contributed by atoms with Gasteiger partial charge in [-0.15, -0.1) is 0 Å². The Balaban J connectivity index is 1.87. The van der Waals surface area contributed by atoms with Crippen LogP contribution in [0, 0.1) is 5.82 Å². The summed E-state index contributed by atoms with van der Waals surface area (Å²) in [6, 6.07) is 5.16. The van der Waals surface area contributed by atoms with Crippen LogP contribution in [0.5, 0.6) is 0 Å². The monoisotopic (exact) mass is 370 g/mol. The smallest absolute Gasteiger partial charge is 0.256 e. The number of hydrogen-bond donors (Lipinski definition) is 1. The summed E-state index contributed by atoms with van der Waals surface area (Å²) in [5, 5.41) is 6.01. The Hall–Kier alpha value is -1.81. The van der Waals surface area contributed by atoms with Crippen molar-refractivity contribution >= 4 is 33.0 Å².